The van der Waals surface area contributed by atoms with E-state index in [0.717, 1.165) is 0 Å². The van der Waals surface area contributed by atoms with E-state index >= 15 is 0 Å². The Kier molecular flexibility index (Phi) is 3.26. The zero-order chi connectivity index (χ0) is 15.0. The van der Waals surface area contributed by atoms with Gasteiger partial charge in [0.25, 0.3) is 11.5 Å². The second kappa shape index (κ2) is 4.97. The number of ether oxygens (including phenoxy) is 1. The lowest BCUT2D eigenvalue weighted by Gasteiger charge is -2.20. The molecule has 0 aromatic carbocycles. The van der Waals surface area contributed by atoms with E-state index in [4.69, 9.17) is 9.15 Å². The molecule has 3 N–H and O–H groups in total. The zero-order valence-corrected chi connectivity index (χ0v) is 11.4. The van der Waals surface area contributed by atoms with Crippen molar-refractivity contribution in [2.75, 3.05) is 19.8 Å². The molecule has 0 spiro atoms. The Morgan fingerprint density at radius 1 is 1.62 bits per heavy atom. The van der Waals surface area contributed by atoms with Gasteiger partial charge in [-0.25, -0.2) is 4.98 Å². The first-order valence-corrected chi connectivity index (χ1v) is 6.55. The minimum atomic E-state index is -1.06. The third kappa shape index (κ3) is 2.43. The van der Waals surface area contributed by atoms with Gasteiger partial charge >= 0.3 is 0 Å². The van der Waals surface area contributed by atoms with E-state index in [1.807, 2.05) is 0 Å². The molecular weight excluding hydrogens is 278 g/mol. The average Bonchev–Trinajstić information content (AvgIpc) is 3.01. The van der Waals surface area contributed by atoms with Crippen LogP contribution in [-0.4, -0.2) is 46.3 Å². The number of nitrogens with zero attached hydrogens (tertiary/aromatic N) is 1. The Morgan fingerprint density at radius 2 is 2.43 bits per heavy atom. The number of hydrogen-bond acceptors (Lipinski definition) is 6. The number of amides is 1. The molecule has 112 valence electrons. The number of aliphatic hydroxyl groups is 1. The largest absolute Gasteiger partial charge is 0.442 e. The van der Waals surface area contributed by atoms with E-state index in [-0.39, 0.29) is 29.8 Å². The summed E-state index contributed by atoms with van der Waals surface area (Å²) in [6, 6.07) is 0. The predicted molar refractivity (Wildman–Crippen MR) is 72.1 cm³/mol. The minimum absolute atomic E-state index is 0.0517. The molecule has 0 bridgehead atoms. The van der Waals surface area contributed by atoms with Crippen molar-refractivity contribution in [3.8, 4) is 0 Å². The topological polar surface area (TPSA) is 117 Å². The number of fused-ring (bicyclic) bond motifs is 1. The molecule has 0 radical (unpaired) electrons. The number of rotatable bonds is 3. The Morgan fingerprint density at radius 3 is 3.14 bits per heavy atom. The van der Waals surface area contributed by atoms with Crippen LogP contribution < -0.4 is 10.9 Å². The van der Waals surface area contributed by atoms with E-state index in [0.29, 0.717) is 18.8 Å². The van der Waals surface area contributed by atoms with Gasteiger partial charge in [0, 0.05) is 19.6 Å². The Balaban J connectivity index is 1.88. The molecule has 2 aromatic rings. The van der Waals surface area contributed by atoms with Crippen LogP contribution in [0.4, 0.5) is 0 Å². The third-order valence-electron chi connectivity index (χ3n) is 3.56. The maximum atomic E-state index is 12.3. The Labute approximate surface area is 119 Å². The summed E-state index contributed by atoms with van der Waals surface area (Å²) in [5.74, 6) is -0.175. The number of H-pyrrole nitrogens is 1. The molecule has 1 atom stereocenters. The van der Waals surface area contributed by atoms with Crippen molar-refractivity contribution in [2.45, 2.75) is 18.9 Å². The van der Waals surface area contributed by atoms with Crippen molar-refractivity contribution in [3.05, 3.63) is 28.0 Å². The number of nitrogens with one attached hydrogen (secondary N) is 2. The summed E-state index contributed by atoms with van der Waals surface area (Å²) in [7, 11) is 0. The van der Waals surface area contributed by atoms with Crippen LogP contribution in [0.25, 0.3) is 11.1 Å². The molecule has 1 amide bonds. The van der Waals surface area contributed by atoms with Gasteiger partial charge in [0.1, 0.15) is 16.7 Å². The number of carbonyl (C=O) groups excluding carboxylic acids is 1. The van der Waals surface area contributed by atoms with Crippen LogP contribution in [0.15, 0.2) is 15.5 Å². The Bertz CT molecular complexity index is 742. The molecule has 1 fully saturated rings. The highest BCUT2D eigenvalue weighted by Gasteiger charge is 2.33. The highest BCUT2D eigenvalue weighted by molar-refractivity contribution is 6.06. The van der Waals surface area contributed by atoms with Gasteiger partial charge in [0.15, 0.2) is 0 Å². The van der Waals surface area contributed by atoms with Crippen LogP contribution in [-0.2, 0) is 4.74 Å². The lowest BCUT2D eigenvalue weighted by Crippen LogP contribution is -2.43. The highest BCUT2D eigenvalue weighted by atomic mass is 16.5. The lowest BCUT2D eigenvalue weighted by atomic mass is 10.0. The third-order valence-corrected chi connectivity index (χ3v) is 3.56. The molecule has 1 aliphatic rings. The second-order valence-electron chi connectivity index (χ2n) is 5.15. The molecule has 21 heavy (non-hydrogen) atoms. The number of furan rings is 1. The van der Waals surface area contributed by atoms with Crippen LogP contribution in [0.5, 0.6) is 0 Å². The first kappa shape index (κ1) is 13.8. The summed E-state index contributed by atoms with van der Waals surface area (Å²) < 4.78 is 10.4. The number of aryl methyl sites for hydroxylation is 1. The summed E-state index contributed by atoms with van der Waals surface area (Å²) in [6.45, 7) is 2.28. The van der Waals surface area contributed by atoms with E-state index in [1.54, 1.807) is 6.92 Å². The second-order valence-corrected chi connectivity index (χ2v) is 5.15. The smallest absolute Gasteiger partial charge is 0.262 e. The number of hydrogen-bond donors (Lipinski definition) is 3. The van der Waals surface area contributed by atoms with Crippen molar-refractivity contribution >= 4 is 17.0 Å². The summed E-state index contributed by atoms with van der Waals surface area (Å²) in [4.78, 5) is 30.4. The maximum absolute atomic E-state index is 12.3. The summed E-state index contributed by atoms with van der Waals surface area (Å²) in [6.07, 6.45) is 1.68. The zero-order valence-electron chi connectivity index (χ0n) is 11.4. The Hall–Kier alpha value is -2.19. The van der Waals surface area contributed by atoms with Gasteiger partial charge < -0.3 is 24.6 Å². The number of carbonyl (C=O) groups is 1. The summed E-state index contributed by atoms with van der Waals surface area (Å²) in [5, 5.41) is 12.9. The monoisotopic (exact) mass is 293 g/mol. The molecule has 0 saturated carbocycles. The van der Waals surface area contributed by atoms with Crippen LogP contribution in [0.3, 0.4) is 0 Å². The van der Waals surface area contributed by atoms with Gasteiger partial charge in [0.05, 0.1) is 18.5 Å². The van der Waals surface area contributed by atoms with Crippen molar-refractivity contribution in [1.29, 1.82) is 0 Å². The van der Waals surface area contributed by atoms with Crippen molar-refractivity contribution in [3.63, 3.8) is 0 Å². The van der Waals surface area contributed by atoms with Crippen LogP contribution >= 0.6 is 0 Å². The van der Waals surface area contributed by atoms with Gasteiger partial charge in [-0.05, 0) is 6.92 Å². The predicted octanol–water partition coefficient (Wildman–Crippen LogP) is -0.294. The van der Waals surface area contributed by atoms with Crippen molar-refractivity contribution in [2.24, 2.45) is 0 Å². The lowest BCUT2D eigenvalue weighted by molar-refractivity contribution is 0.0264. The van der Waals surface area contributed by atoms with Gasteiger partial charge in [-0.3, -0.25) is 9.59 Å². The fraction of sp³-hybridized carbons (Fsp3) is 0.462. The number of aromatic amines is 1. The SMILES string of the molecule is Cc1oc2nc[nH]c(=O)c2c1C(=O)NCC1(O)CCOC1. The fourth-order valence-corrected chi connectivity index (χ4v) is 2.40. The minimum Gasteiger partial charge on any atom is -0.442 e. The molecule has 3 rings (SSSR count). The molecular formula is C13H15N3O5. The van der Waals surface area contributed by atoms with E-state index < -0.39 is 17.1 Å². The quantitative estimate of drug-likeness (QED) is 0.715. The normalized spacial score (nSPS) is 21.8. The number of aromatic nitrogens is 2. The van der Waals surface area contributed by atoms with E-state index in [2.05, 4.69) is 15.3 Å². The van der Waals surface area contributed by atoms with Crippen molar-refractivity contribution in [1.82, 2.24) is 15.3 Å². The maximum Gasteiger partial charge on any atom is 0.262 e. The standard InChI is InChI=1S/C13H15N3O5/c1-7-8(9-11(18)15-6-16-12(9)21-7)10(17)14-4-13(19)2-3-20-5-13/h6,19H,2-5H2,1H3,(H,14,17)(H,15,16,18). The molecule has 1 aliphatic heterocycles. The molecule has 2 aromatic heterocycles. The molecule has 8 nitrogen and oxygen atoms in total. The highest BCUT2D eigenvalue weighted by Crippen LogP contribution is 2.21. The first-order chi connectivity index (χ1) is 10.0. The van der Waals surface area contributed by atoms with Crippen LogP contribution in [0.2, 0.25) is 0 Å². The molecule has 0 aliphatic carbocycles. The average molecular weight is 293 g/mol. The molecule has 1 saturated heterocycles. The molecule has 8 heteroatoms. The van der Waals surface area contributed by atoms with Crippen molar-refractivity contribution < 1.29 is 19.1 Å². The fourth-order valence-electron chi connectivity index (χ4n) is 2.40. The molecule has 1 unspecified atom stereocenters. The summed E-state index contributed by atoms with van der Waals surface area (Å²) >= 11 is 0. The molecule has 3 heterocycles. The van der Waals surface area contributed by atoms with E-state index in [9.17, 15) is 14.7 Å². The van der Waals surface area contributed by atoms with Gasteiger partial charge in [-0.15, -0.1) is 0 Å². The van der Waals surface area contributed by atoms with Gasteiger partial charge in [-0.2, -0.15) is 0 Å². The van der Waals surface area contributed by atoms with Gasteiger partial charge in [0.2, 0.25) is 5.71 Å². The summed E-state index contributed by atoms with van der Waals surface area (Å²) in [5.41, 5.74) is -1.25. The van der Waals surface area contributed by atoms with Crippen LogP contribution in [0, 0.1) is 6.92 Å². The van der Waals surface area contributed by atoms with Gasteiger partial charge in [-0.1, -0.05) is 0 Å². The van der Waals surface area contributed by atoms with E-state index in [1.165, 1.54) is 6.33 Å². The first-order valence-electron chi connectivity index (χ1n) is 6.55. The van der Waals surface area contributed by atoms with Crippen LogP contribution in [0.1, 0.15) is 22.5 Å².